The first-order valence-corrected chi connectivity index (χ1v) is 6.20. The van der Waals surface area contributed by atoms with E-state index in [0.717, 1.165) is 44.5 Å². The summed E-state index contributed by atoms with van der Waals surface area (Å²) in [7, 11) is 0. The van der Waals surface area contributed by atoms with E-state index in [2.05, 4.69) is 13.0 Å². The summed E-state index contributed by atoms with van der Waals surface area (Å²) in [5, 5.41) is 8.64. The summed E-state index contributed by atoms with van der Waals surface area (Å²) < 4.78 is 5.75. The molecule has 0 bridgehead atoms. The molecular weight excluding hydrogens is 200 g/mol. The second kappa shape index (κ2) is 8.17. The number of aryl methyl sites for hydroxylation is 1. The zero-order valence-corrected chi connectivity index (χ0v) is 10.1. The van der Waals surface area contributed by atoms with E-state index in [1.165, 1.54) is 5.56 Å². The van der Waals surface area contributed by atoms with Crippen LogP contribution in [0, 0.1) is 0 Å². The molecule has 0 aliphatic carbocycles. The third kappa shape index (κ3) is 4.67. The molecule has 0 atom stereocenters. The van der Waals surface area contributed by atoms with Crippen LogP contribution >= 0.6 is 0 Å². The van der Waals surface area contributed by atoms with Gasteiger partial charge in [-0.05, 0) is 37.3 Å². The lowest BCUT2D eigenvalue weighted by Gasteiger charge is -2.09. The number of benzene rings is 1. The van der Waals surface area contributed by atoms with Gasteiger partial charge in [0, 0.05) is 6.61 Å². The molecule has 0 saturated heterocycles. The lowest BCUT2D eigenvalue weighted by atomic mass is 10.1. The largest absolute Gasteiger partial charge is 0.493 e. The van der Waals surface area contributed by atoms with Gasteiger partial charge in [0.1, 0.15) is 5.75 Å². The number of ether oxygens (including phenoxy) is 1. The first-order valence-electron chi connectivity index (χ1n) is 6.20. The van der Waals surface area contributed by atoms with Crippen LogP contribution in [-0.2, 0) is 6.42 Å². The molecule has 0 saturated carbocycles. The number of rotatable bonds is 8. The van der Waals surface area contributed by atoms with Crippen molar-refractivity contribution in [3.05, 3.63) is 29.8 Å². The summed E-state index contributed by atoms with van der Waals surface area (Å²) in [5.74, 6) is 1.02. The van der Waals surface area contributed by atoms with Gasteiger partial charge in [-0.25, -0.2) is 0 Å². The Morgan fingerprint density at radius 1 is 1.06 bits per heavy atom. The molecule has 0 aliphatic rings. The Kier molecular flexibility index (Phi) is 6.66. The van der Waals surface area contributed by atoms with Crippen LogP contribution in [0.2, 0.25) is 0 Å². The Labute approximate surface area is 98.3 Å². The van der Waals surface area contributed by atoms with Crippen LogP contribution in [-0.4, -0.2) is 18.3 Å². The number of hydrogen-bond donors (Lipinski definition) is 1. The minimum absolute atomic E-state index is 0.305. The summed E-state index contributed by atoms with van der Waals surface area (Å²) in [6, 6.07) is 8.21. The number of aliphatic hydroxyl groups excluding tert-OH is 1. The molecule has 1 N–H and O–H groups in total. The minimum Gasteiger partial charge on any atom is -0.493 e. The Morgan fingerprint density at radius 3 is 2.56 bits per heavy atom. The summed E-state index contributed by atoms with van der Waals surface area (Å²) >= 11 is 0. The molecule has 1 aromatic rings. The predicted molar refractivity (Wildman–Crippen MR) is 66.9 cm³/mol. The van der Waals surface area contributed by atoms with Gasteiger partial charge in [-0.3, -0.25) is 0 Å². The topological polar surface area (TPSA) is 29.5 Å². The van der Waals surface area contributed by atoms with Crippen LogP contribution in [0.25, 0.3) is 0 Å². The fraction of sp³-hybridized carbons (Fsp3) is 0.571. The van der Waals surface area contributed by atoms with Crippen molar-refractivity contribution in [1.82, 2.24) is 0 Å². The number of unbranched alkanes of at least 4 members (excludes halogenated alkanes) is 3. The smallest absolute Gasteiger partial charge is 0.122 e. The zero-order valence-electron chi connectivity index (χ0n) is 10.1. The van der Waals surface area contributed by atoms with Gasteiger partial charge >= 0.3 is 0 Å². The molecule has 16 heavy (non-hydrogen) atoms. The highest BCUT2D eigenvalue weighted by molar-refractivity contribution is 5.33. The van der Waals surface area contributed by atoms with E-state index in [9.17, 15) is 0 Å². The quantitative estimate of drug-likeness (QED) is 0.684. The molecule has 0 heterocycles. The minimum atomic E-state index is 0.305. The molecule has 0 aliphatic heterocycles. The monoisotopic (exact) mass is 222 g/mol. The normalized spacial score (nSPS) is 10.4. The van der Waals surface area contributed by atoms with Crippen LogP contribution in [0.5, 0.6) is 5.75 Å². The van der Waals surface area contributed by atoms with Gasteiger partial charge < -0.3 is 9.84 Å². The van der Waals surface area contributed by atoms with Crippen molar-refractivity contribution in [3.63, 3.8) is 0 Å². The maximum absolute atomic E-state index is 8.64. The average molecular weight is 222 g/mol. The third-order valence-electron chi connectivity index (χ3n) is 2.66. The summed E-state index contributed by atoms with van der Waals surface area (Å²) in [6.07, 6.45) is 5.22. The maximum Gasteiger partial charge on any atom is 0.122 e. The van der Waals surface area contributed by atoms with Crippen molar-refractivity contribution in [2.24, 2.45) is 0 Å². The van der Waals surface area contributed by atoms with Gasteiger partial charge in [-0.15, -0.1) is 0 Å². The average Bonchev–Trinajstić information content (AvgIpc) is 2.34. The summed E-state index contributed by atoms with van der Waals surface area (Å²) in [6.45, 7) is 3.23. The van der Waals surface area contributed by atoms with Gasteiger partial charge in [-0.2, -0.15) is 0 Å². The first-order chi connectivity index (χ1) is 7.88. The van der Waals surface area contributed by atoms with E-state index in [-0.39, 0.29) is 0 Å². The summed E-state index contributed by atoms with van der Waals surface area (Å²) in [5.41, 5.74) is 1.28. The van der Waals surface area contributed by atoms with Gasteiger partial charge in [0.15, 0.2) is 0 Å². The van der Waals surface area contributed by atoms with Crippen molar-refractivity contribution in [3.8, 4) is 5.75 Å². The number of para-hydroxylation sites is 1. The molecule has 0 fully saturated rings. The van der Waals surface area contributed by atoms with Gasteiger partial charge in [0.05, 0.1) is 6.61 Å². The van der Waals surface area contributed by atoms with Gasteiger partial charge in [0.25, 0.3) is 0 Å². The molecule has 90 valence electrons. The highest BCUT2D eigenvalue weighted by atomic mass is 16.5. The number of aliphatic hydroxyl groups is 1. The standard InChI is InChI=1S/C14H22O2/c1-2-13-9-5-6-10-14(13)16-12-8-4-3-7-11-15/h5-6,9-10,15H,2-4,7-8,11-12H2,1H3. The van der Waals surface area contributed by atoms with E-state index in [1.807, 2.05) is 18.2 Å². The predicted octanol–water partition coefficient (Wildman–Crippen LogP) is 3.18. The molecule has 1 aromatic carbocycles. The zero-order chi connectivity index (χ0) is 11.6. The lowest BCUT2D eigenvalue weighted by molar-refractivity contribution is 0.273. The maximum atomic E-state index is 8.64. The van der Waals surface area contributed by atoms with E-state index >= 15 is 0 Å². The molecule has 0 aromatic heterocycles. The van der Waals surface area contributed by atoms with Crippen LogP contribution < -0.4 is 4.74 Å². The Hall–Kier alpha value is -1.02. The van der Waals surface area contributed by atoms with Crippen LogP contribution in [0.1, 0.15) is 38.2 Å². The van der Waals surface area contributed by atoms with Gasteiger partial charge in [0.2, 0.25) is 0 Å². The Morgan fingerprint density at radius 2 is 1.81 bits per heavy atom. The SMILES string of the molecule is CCc1ccccc1OCCCCCCO. The molecule has 0 unspecified atom stereocenters. The van der Waals surface area contributed by atoms with Crippen molar-refractivity contribution in [2.45, 2.75) is 39.0 Å². The van der Waals surface area contributed by atoms with Gasteiger partial charge in [-0.1, -0.05) is 31.5 Å². The van der Waals surface area contributed by atoms with Crippen LogP contribution in [0.15, 0.2) is 24.3 Å². The fourth-order valence-electron chi connectivity index (χ4n) is 1.69. The molecule has 0 amide bonds. The highest BCUT2D eigenvalue weighted by Gasteiger charge is 1.99. The lowest BCUT2D eigenvalue weighted by Crippen LogP contribution is -2.00. The first kappa shape index (κ1) is 13.0. The Balaban J connectivity index is 2.21. The van der Waals surface area contributed by atoms with Crippen LogP contribution in [0.3, 0.4) is 0 Å². The fourth-order valence-corrected chi connectivity index (χ4v) is 1.69. The van der Waals surface area contributed by atoms with E-state index in [1.54, 1.807) is 0 Å². The second-order valence-electron chi connectivity index (χ2n) is 3.95. The highest BCUT2D eigenvalue weighted by Crippen LogP contribution is 2.18. The molecule has 0 spiro atoms. The van der Waals surface area contributed by atoms with Crippen molar-refractivity contribution < 1.29 is 9.84 Å². The second-order valence-corrected chi connectivity index (χ2v) is 3.95. The molecular formula is C14H22O2. The van der Waals surface area contributed by atoms with E-state index in [0.29, 0.717) is 6.61 Å². The van der Waals surface area contributed by atoms with Crippen molar-refractivity contribution in [1.29, 1.82) is 0 Å². The van der Waals surface area contributed by atoms with E-state index in [4.69, 9.17) is 9.84 Å². The molecule has 0 radical (unpaired) electrons. The van der Waals surface area contributed by atoms with E-state index < -0.39 is 0 Å². The van der Waals surface area contributed by atoms with Crippen molar-refractivity contribution in [2.75, 3.05) is 13.2 Å². The molecule has 2 heteroatoms. The Bertz CT molecular complexity index is 284. The van der Waals surface area contributed by atoms with Crippen molar-refractivity contribution >= 4 is 0 Å². The molecule has 2 nitrogen and oxygen atoms in total. The third-order valence-corrected chi connectivity index (χ3v) is 2.66. The molecule has 1 rings (SSSR count). The number of hydrogen-bond acceptors (Lipinski definition) is 2. The summed E-state index contributed by atoms with van der Waals surface area (Å²) in [4.78, 5) is 0. The van der Waals surface area contributed by atoms with Crippen LogP contribution in [0.4, 0.5) is 0 Å².